The molecule has 0 bridgehead atoms. The Balaban J connectivity index is 1.70. The molecule has 1 rings (SSSR count). The lowest BCUT2D eigenvalue weighted by Gasteiger charge is -2.25. The van der Waals surface area contributed by atoms with Gasteiger partial charge in [-0.2, -0.15) is 0 Å². The van der Waals surface area contributed by atoms with Crippen molar-refractivity contribution in [3.63, 3.8) is 0 Å². The van der Waals surface area contributed by atoms with Gasteiger partial charge < -0.3 is 10.1 Å². The second-order valence-electron chi connectivity index (χ2n) is 3.59. The molecule has 0 atom stereocenters. The minimum Gasteiger partial charge on any atom is -0.378 e. The van der Waals surface area contributed by atoms with Gasteiger partial charge in [0, 0.05) is 6.61 Å². The summed E-state index contributed by atoms with van der Waals surface area (Å²) >= 11 is 0. The van der Waals surface area contributed by atoms with Crippen LogP contribution in [0.25, 0.3) is 0 Å². The third kappa shape index (κ3) is 4.07. The number of rotatable bonds is 7. The van der Waals surface area contributed by atoms with Gasteiger partial charge >= 0.3 is 0 Å². The molecule has 72 valence electrons. The van der Waals surface area contributed by atoms with Crippen LogP contribution in [0, 0.1) is 0 Å². The fourth-order valence-electron chi connectivity index (χ4n) is 1.37. The fourth-order valence-corrected chi connectivity index (χ4v) is 1.37. The van der Waals surface area contributed by atoms with Gasteiger partial charge in [0.2, 0.25) is 0 Å². The van der Waals surface area contributed by atoms with Crippen LogP contribution in [0.4, 0.5) is 0 Å². The lowest BCUT2D eigenvalue weighted by atomic mass is 9.96. The van der Waals surface area contributed by atoms with Crippen LogP contribution in [-0.4, -0.2) is 26.3 Å². The molecule has 0 saturated heterocycles. The smallest absolute Gasteiger partial charge is 0.0575 e. The third-order valence-electron chi connectivity index (χ3n) is 2.48. The Hall–Kier alpha value is -0.0800. The largest absolute Gasteiger partial charge is 0.378 e. The molecule has 0 aromatic rings. The summed E-state index contributed by atoms with van der Waals surface area (Å²) in [7, 11) is 2.00. The van der Waals surface area contributed by atoms with Crippen LogP contribution in [0.15, 0.2) is 0 Å². The van der Waals surface area contributed by atoms with E-state index in [1.165, 1.54) is 38.5 Å². The SMILES string of the molecule is CNCCCCCOC1CCC1. The van der Waals surface area contributed by atoms with Crippen LogP contribution >= 0.6 is 0 Å². The van der Waals surface area contributed by atoms with Crippen LogP contribution in [0.2, 0.25) is 0 Å². The zero-order chi connectivity index (χ0) is 8.65. The number of unbranched alkanes of at least 4 members (excludes halogenated alkanes) is 2. The number of nitrogens with one attached hydrogen (secondary N) is 1. The highest BCUT2D eigenvalue weighted by atomic mass is 16.5. The number of ether oxygens (including phenoxy) is 1. The highest BCUT2D eigenvalue weighted by Crippen LogP contribution is 2.21. The summed E-state index contributed by atoms with van der Waals surface area (Å²) in [6, 6.07) is 0. The first kappa shape index (κ1) is 10.0. The van der Waals surface area contributed by atoms with Crippen molar-refractivity contribution in [3.05, 3.63) is 0 Å². The van der Waals surface area contributed by atoms with Crippen LogP contribution in [0.5, 0.6) is 0 Å². The molecule has 1 fully saturated rings. The van der Waals surface area contributed by atoms with Crippen molar-refractivity contribution in [2.24, 2.45) is 0 Å². The predicted molar refractivity (Wildman–Crippen MR) is 51.4 cm³/mol. The fraction of sp³-hybridized carbons (Fsp3) is 1.00. The number of hydrogen-bond donors (Lipinski definition) is 1. The van der Waals surface area contributed by atoms with E-state index >= 15 is 0 Å². The van der Waals surface area contributed by atoms with Crippen LogP contribution < -0.4 is 5.32 Å². The molecule has 2 heteroatoms. The molecule has 0 aromatic heterocycles. The second kappa shape index (κ2) is 6.44. The number of hydrogen-bond acceptors (Lipinski definition) is 2. The van der Waals surface area contributed by atoms with Crippen molar-refractivity contribution in [3.8, 4) is 0 Å². The quantitative estimate of drug-likeness (QED) is 0.591. The van der Waals surface area contributed by atoms with Crippen molar-refractivity contribution in [1.29, 1.82) is 0 Å². The molecule has 1 N–H and O–H groups in total. The van der Waals surface area contributed by atoms with Gasteiger partial charge in [0.15, 0.2) is 0 Å². The van der Waals surface area contributed by atoms with Crippen molar-refractivity contribution in [2.75, 3.05) is 20.2 Å². The third-order valence-corrected chi connectivity index (χ3v) is 2.48. The lowest BCUT2D eigenvalue weighted by Crippen LogP contribution is -2.21. The first-order chi connectivity index (χ1) is 5.93. The molecular formula is C10H21NO. The Kier molecular flexibility index (Phi) is 5.37. The molecule has 1 aliphatic rings. The predicted octanol–water partition coefficient (Wildman–Crippen LogP) is 1.95. The molecule has 0 radical (unpaired) electrons. The molecule has 1 aliphatic carbocycles. The lowest BCUT2D eigenvalue weighted by molar-refractivity contribution is 0.000680. The summed E-state index contributed by atoms with van der Waals surface area (Å²) in [4.78, 5) is 0. The maximum absolute atomic E-state index is 5.64. The van der Waals surface area contributed by atoms with Gasteiger partial charge in [-0.05, 0) is 52.1 Å². The van der Waals surface area contributed by atoms with E-state index in [9.17, 15) is 0 Å². The Morgan fingerprint density at radius 3 is 2.67 bits per heavy atom. The summed E-state index contributed by atoms with van der Waals surface area (Å²) in [5.41, 5.74) is 0. The van der Waals surface area contributed by atoms with E-state index in [0.29, 0.717) is 6.10 Å². The zero-order valence-electron chi connectivity index (χ0n) is 8.14. The first-order valence-corrected chi connectivity index (χ1v) is 5.19. The molecule has 0 amide bonds. The van der Waals surface area contributed by atoms with Gasteiger partial charge in [-0.25, -0.2) is 0 Å². The van der Waals surface area contributed by atoms with E-state index < -0.39 is 0 Å². The second-order valence-corrected chi connectivity index (χ2v) is 3.59. The minimum absolute atomic E-state index is 0.620. The maximum atomic E-state index is 5.64. The Bertz CT molecular complexity index is 102. The van der Waals surface area contributed by atoms with E-state index in [1.54, 1.807) is 0 Å². The van der Waals surface area contributed by atoms with Crippen LogP contribution in [0.1, 0.15) is 38.5 Å². The molecule has 2 nitrogen and oxygen atoms in total. The normalized spacial score (nSPS) is 17.8. The topological polar surface area (TPSA) is 21.3 Å². The van der Waals surface area contributed by atoms with E-state index in [-0.39, 0.29) is 0 Å². The zero-order valence-corrected chi connectivity index (χ0v) is 8.14. The van der Waals surface area contributed by atoms with Crippen LogP contribution in [-0.2, 0) is 4.74 Å². The molecule has 0 aromatic carbocycles. The Morgan fingerprint density at radius 2 is 2.08 bits per heavy atom. The molecule has 1 saturated carbocycles. The maximum Gasteiger partial charge on any atom is 0.0575 e. The van der Waals surface area contributed by atoms with Gasteiger partial charge in [0.1, 0.15) is 0 Å². The Labute approximate surface area is 75.7 Å². The standard InChI is InChI=1S/C10H21NO/c1-11-8-3-2-4-9-12-10-6-5-7-10/h10-11H,2-9H2,1H3. The van der Waals surface area contributed by atoms with E-state index in [0.717, 1.165) is 13.2 Å². The van der Waals surface area contributed by atoms with Gasteiger partial charge in [0.05, 0.1) is 6.10 Å². The van der Waals surface area contributed by atoms with Gasteiger partial charge in [-0.15, -0.1) is 0 Å². The van der Waals surface area contributed by atoms with Crippen LogP contribution in [0.3, 0.4) is 0 Å². The highest BCUT2D eigenvalue weighted by molar-refractivity contribution is 4.68. The van der Waals surface area contributed by atoms with Crippen molar-refractivity contribution < 1.29 is 4.74 Å². The van der Waals surface area contributed by atoms with Gasteiger partial charge in [-0.3, -0.25) is 0 Å². The summed E-state index contributed by atoms with van der Waals surface area (Å²) < 4.78 is 5.64. The summed E-state index contributed by atoms with van der Waals surface area (Å²) in [5, 5.41) is 3.15. The molecular weight excluding hydrogens is 150 g/mol. The van der Waals surface area contributed by atoms with E-state index in [2.05, 4.69) is 5.32 Å². The van der Waals surface area contributed by atoms with Crippen molar-refractivity contribution in [2.45, 2.75) is 44.6 Å². The highest BCUT2D eigenvalue weighted by Gasteiger charge is 2.16. The van der Waals surface area contributed by atoms with Gasteiger partial charge in [0.25, 0.3) is 0 Å². The average molecular weight is 171 g/mol. The van der Waals surface area contributed by atoms with E-state index in [4.69, 9.17) is 4.74 Å². The average Bonchev–Trinajstić information content (AvgIpc) is 2.00. The Morgan fingerprint density at radius 1 is 1.25 bits per heavy atom. The van der Waals surface area contributed by atoms with Crippen molar-refractivity contribution >= 4 is 0 Å². The minimum atomic E-state index is 0.620. The molecule has 0 spiro atoms. The van der Waals surface area contributed by atoms with Gasteiger partial charge in [-0.1, -0.05) is 0 Å². The van der Waals surface area contributed by atoms with Crippen molar-refractivity contribution in [1.82, 2.24) is 5.32 Å². The molecule has 0 heterocycles. The van der Waals surface area contributed by atoms with E-state index in [1.807, 2.05) is 7.05 Å². The molecule has 0 aliphatic heterocycles. The summed E-state index contributed by atoms with van der Waals surface area (Å²) in [5.74, 6) is 0. The summed E-state index contributed by atoms with van der Waals surface area (Å²) in [6.07, 6.45) is 8.42. The summed E-state index contributed by atoms with van der Waals surface area (Å²) in [6.45, 7) is 2.12. The monoisotopic (exact) mass is 171 g/mol. The first-order valence-electron chi connectivity index (χ1n) is 5.19. The molecule has 12 heavy (non-hydrogen) atoms. The molecule has 0 unspecified atom stereocenters.